The number of nitrogens with one attached hydrogen (secondary N) is 2. The van der Waals surface area contributed by atoms with E-state index in [2.05, 4.69) is 20.8 Å². The van der Waals surface area contributed by atoms with Gasteiger partial charge in [0.2, 0.25) is 5.91 Å². The highest BCUT2D eigenvalue weighted by Crippen LogP contribution is 2.14. The van der Waals surface area contributed by atoms with Crippen molar-refractivity contribution in [1.29, 1.82) is 0 Å². The molecule has 25 heavy (non-hydrogen) atoms. The van der Waals surface area contributed by atoms with Crippen molar-refractivity contribution in [3.8, 4) is 0 Å². The topological polar surface area (TPSA) is 82.8 Å². The minimum absolute atomic E-state index is 0. The minimum Gasteiger partial charge on any atom is -0.361 e. The zero-order chi connectivity index (χ0) is 17.5. The summed E-state index contributed by atoms with van der Waals surface area (Å²) in [5, 5.41) is 10.7. The van der Waals surface area contributed by atoms with E-state index in [1.54, 1.807) is 7.05 Å². The molecule has 0 saturated carbocycles. The van der Waals surface area contributed by atoms with Crippen LogP contribution in [0.1, 0.15) is 43.2 Å². The average molecular weight is 463 g/mol. The fraction of sp³-hybridized carbons (Fsp3) is 0.706. The molecule has 142 valence electrons. The van der Waals surface area contributed by atoms with Gasteiger partial charge in [-0.05, 0) is 33.1 Å². The zero-order valence-electron chi connectivity index (χ0n) is 15.6. The van der Waals surface area contributed by atoms with Gasteiger partial charge in [-0.3, -0.25) is 9.79 Å². The zero-order valence-corrected chi connectivity index (χ0v) is 17.9. The first-order valence-electron chi connectivity index (χ1n) is 8.71. The molecule has 1 aromatic heterocycles. The van der Waals surface area contributed by atoms with Crippen LogP contribution >= 0.6 is 24.0 Å². The molecule has 0 bridgehead atoms. The number of hydrogen-bond donors (Lipinski definition) is 2. The van der Waals surface area contributed by atoms with Gasteiger partial charge in [0.1, 0.15) is 5.76 Å². The standard InChI is InChI=1S/C17H29N5O2.HI/c1-5-16(23)22-10-8-14(11-22)20-17(18-4)19-9-6-7-15-12(2)21-24-13(15)3;/h14H,5-11H2,1-4H3,(H2,18,19,20);1H. The lowest BCUT2D eigenvalue weighted by molar-refractivity contribution is -0.129. The molecule has 2 rings (SSSR count). The van der Waals surface area contributed by atoms with Gasteiger partial charge < -0.3 is 20.1 Å². The molecule has 1 saturated heterocycles. The molecule has 0 aliphatic carbocycles. The van der Waals surface area contributed by atoms with Crippen molar-refractivity contribution in [3.63, 3.8) is 0 Å². The van der Waals surface area contributed by atoms with Crippen molar-refractivity contribution in [2.75, 3.05) is 26.7 Å². The van der Waals surface area contributed by atoms with E-state index in [0.717, 1.165) is 56.3 Å². The largest absolute Gasteiger partial charge is 0.361 e. The van der Waals surface area contributed by atoms with Crippen LogP contribution < -0.4 is 10.6 Å². The van der Waals surface area contributed by atoms with Gasteiger partial charge in [0, 0.05) is 44.7 Å². The van der Waals surface area contributed by atoms with Crippen LogP contribution in [0.15, 0.2) is 9.52 Å². The summed E-state index contributed by atoms with van der Waals surface area (Å²) in [6, 6.07) is 0.272. The molecule has 7 nitrogen and oxygen atoms in total. The molecule has 1 aromatic rings. The van der Waals surface area contributed by atoms with Crippen LogP contribution in [0.2, 0.25) is 0 Å². The number of likely N-dealkylation sites (tertiary alicyclic amines) is 1. The third-order valence-corrected chi connectivity index (χ3v) is 4.49. The number of carbonyl (C=O) groups is 1. The molecule has 1 atom stereocenters. The summed E-state index contributed by atoms with van der Waals surface area (Å²) in [7, 11) is 1.77. The van der Waals surface area contributed by atoms with E-state index in [0.29, 0.717) is 6.42 Å². The summed E-state index contributed by atoms with van der Waals surface area (Å²) in [5.41, 5.74) is 2.17. The number of halogens is 1. The third kappa shape index (κ3) is 6.16. The van der Waals surface area contributed by atoms with E-state index in [9.17, 15) is 4.79 Å². The van der Waals surface area contributed by atoms with Gasteiger partial charge in [-0.15, -0.1) is 24.0 Å². The highest BCUT2D eigenvalue weighted by molar-refractivity contribution is 14.0. The summed E-state index contributed by atoms with van der Waals surface area (Å²) in [4.78, 5) is 17.9. The van der Waals surface area contributed by atoms with Crippen LogP contribution in [-0.2, 0) is 11.2 Å². The van der Waals surface area contributed by atoms with E-state index in [1.807, 2.05) is 25.7 Å². The summed E-state index contributed by atoms with van der Waals surface area (Å²) in [6.45, 7) is 8.24. The predicted octanol–water partition coefficient (Wildman–Crippen LogP) is 2.02. The van der Waals surface area contributed by atoms with Crippen molar-refractivity contribution in [2.45, 2.75) is 52.5 Å². The van der Waals surface area contributed by atoms with Gasteiger partial charge in [0.05, 0.1) is 5.69 Å². The predicted molar refractivity (Wildman–Crippen MR) is 109 cm³/mol. The number of carbonyl (C=O) groups excluding carboxylic acids is 1. The molecule has 1 aliphatic heterocycles. The number of aromatic nitrogens is 1. The maximum atomic E-state index is 11.7. The lowest BCUT2D eigenvalue weighted by Crippen LogP contribution is -2.45. The van der Waals surface area contributed by atoms with Crippen molar-refractivity contribution in [3.05, 3.63) is 17.0 Å². The molecule has 0 radical (unpaired) electrons. The highest BCUT2D eigenvalue weighted by Gasteiger charge is 2.25. The van der Waals surface area contributed by atoms with Crippen LogP contribution in [0.3, 0.4) is 0 Å². The maximum absolute atomic E-state index is 11.7. The second kappa shape index (κ2) is 10.6. The van der Waals surface area contributed by atoms with E-state index in [4.69, 9.17) is 4.52 Å². The molecule has 0 spiro atoms. The van der Waals surface area contributed by atoms with Crippen molar-refractivity contribution in [1.82, 2.24) is 20.7 Å². The molecule has 1 aliphatic rings. The van der Waals surface area contributed by atoms with Crippen LogP contribution in [0.4, 0.5) is 0 Å². The Morgan fingerprint density at radius 3 is 2.80 bits per heavy atom. The van der Waals surface area contributed by atoms with E-state index >= 15 is 0 Å². The lowest BCUT2D eigenvalue weighted by Gasteiger charge is -2.18. The minimum atomic E-state index is 0. The highest BCUT2D eigenvalue weighted by atomic mass is 127. The first-order chi connectivity index (χ1) is 11.5. The summed E-state index contributed by atoms with van der Waals surface area (Å²) >= 11 is 0. The Morgan fingerprint density at radius 1 is 1.44 bits per heavy atom. The maximum Gasteiger partial charge on any atom is 0.222 e. The van der Waals surface area contributed by atoms with Crippen LogP contribution in [0, 0.1) is 13.8 Å². The van der Waals surface area contributed by atoms with Crippen molar-refractivity contribution >= 4 is 35.8 Å². The van der Waals surface area contributed by atoms with Gasteiger partial charge in [-0.1, -0.05) is 12.1 Å². The molecule has 0 aromatic carbocycles. The molecule has 2 N–H and O–H groups in total. The van der Waals surface area contributed by atoms with Gasteiger partial charge in [-0.2, -0.15) is 0 Å². The normalized spacial score (nSPS) is 17.4. The second-order valence-electron chi connectivity index (χ2n) is 6.23. The fourth-order valence-electron chi connectivity index (χ4n) is 3.05. The van der Waals surface area contributed by atoms with Gasteiger partial charge >= 0.3 is 0 Å². The number of aliphatic imine (C=N–C) groups is 1. The quantitative estimate of drug-likeness (QED) is 0.292. The van der Waals surface area contributed by atoms with Crippen molar-refractivity contribution < 1.29 is 9.32 Å². The van der Waals surface area contributed by atoms with E-state index < -0.39 is 0 Å². The van der Waals surface area contributed by atoms with Gasteiger partial charge in [0.15, 0.2) is 5.96 Å². The van der Waals surface area contributed by atoms with E-state index in [1.165, 1.54) is 5.56 Å². The van der Waals surface area contributed by atoms with Gasteiger partial charge in [0.25, 0.3) is 0 Å². The fourth-order valence-corrected chi connectivity index (χ4v) is 3.05. The van der Waals surface area contributed by atoms with E-state index in [-0.39, 0.29) is 35.9 Å². The van der Waals surface area contributed by atoms with Crippen LogP contribution in [-0.4, -0.2) is 54.6 Å². The molecule has 1 fully saturated rings. The average Bonchev–Trinajstić information content (AvgIpc) is 3.17. The first-order valence-corrected chi connectivity index (χ1v) is 8.71. The Hall–Kier alpha value is -1.32. The Balaban J connectivity index is 0.00000312. The number of guanidine groups is 1. The number of amides is 1. The Bertz CT molecular complexity index is 568. The molecular weight excluding hydrogens is 433 g/mol. The molecule has 2 heterocycles. The number of hydrogen-bond acceptors (Lipinski definition) is 4. The third-order valence-electron chi connectivity index (χ3n) is 4.49. The Kier molecular flexibility index (Phi) is 9.23. The number of nitrogens with zero attached hydrogens (tertiary/aromatic N) is 3. The summed E-state index contributed by atoms with van der Waals surface area (Å²) < 4.78 is 5.18. The summed E-state index contributed by atoms with van der Waals surface area (Å²) in [6.07, 6.45) is 3.45. The SMILES string of the molecule is CCC(=O)N1CCC(NC(=NC)NCCCc2c(C)noc2C)C1.I. The monoisotopic (exact) mass is 463 g/mol. The van der Waals surface area contributed by atoms with Crippen molar-refractivity contribution in [2.24, 2.45) is 4.99 Å². The van der Waals surface area contributed by atoms with Crippen LogP contribution in [0.25, 0.3) is 0 Å². The molecule has 1 amide bonds. The van der Waals surface area contributed by atoms with Crippen LogP contribution in [0.5, 0.6) is 0 Å². The summed E-state index contributed by atoms with van der Waals surface area (Å²) in [5.74, 6) is 1.92. The molecular formula is C17H30IN5O2. The number of rotatable bonds is 6. The first kappa shape index (κ1) is 21.7. The number of aryl methyl sites for hydroxylation is 2. The lowest BCUT2D eigenvalue weighted by atomic mass is 10.1. The molecule has 8 heteroatoms. The second-order valence-corrected chi connectivity index (χ2v) is 6.23. The Morgan fingerprint density at radius 2 is 2.20 bits per heavy atom. The van der Waals surface area contributed by atoms with Gasteiger partial charge in [-0.25, -0.2) is 0 Å². The Labute approximate surface area is 167 Å². The smallest absolute Gasteiger partial charge is 0.222 e. The molecule has 1 unspecified atom stereocenters.